The molecule has 2 amide bonds. The number of halogens is 3. The van der Waals surface area contributed by atoms with Gasteiger partial charge in [-0.15, -0.1) is 13.2 Å². The van der Waals surface area contributed by atoms with Crippen molar-refractivity contribution in [3.05, 3.63) is 71.8 Å². The highest BCUT2D eigenvalue weighted by Gasteiger charge is 2.36. The Bertz CT molecular complexity index is 1210. The zero-order chi connectivity index (χ0) is 24.5. The first-order chi connectivity index (χ1) is 16.1. The van der Waals surface area contributed by atoms with Crippen LogP contribution in [0.4, 0.5) is 13.2 Å². The molecular weight excluding hydrogens is 449 g/mol. The molecule has 1 saturated heterocycles. The van der Waals surface area contributed by atoms with Crippen LogP contribution in [0.25, 0.3) is 10.8 Å². The first-order valence-corrected chi connectivity index (χ1v) is 10.8. The van der Waals surface area contributed by atoms with Gasteiger partial charge in [-0.3, -0.25) is 9.59 Å². The highest BCUT2D eigenvalue weighted by atomic mass is 19.4. The van der Waals surface area contributed by atoms with Crippen molar-refractivity contribution in [2.24, 2.45) is 0 Å². The summed E-state index contributed by atoms with van der Waals surface area (Å²) in [5.41, 5.74) is 0.720. The SMILES string of the molecule is CC(NC(=O)C1CCCN1C(=O)c1ccc2ccccc2c1O)c1ccc(OC(F)(F)F)cc1. The van der Waals surface area contributed by atoms with Crippen LogP contribution >= 0.6 is 0 Å². The number of hydrogen-bond acceptors (Lipinski definition) is 4. The monoisotopic (exact) mass is 472 g/mol. The molecule has 1 aliphatic heterocycles. The van der Waals surface area contributed by atoms with Gasteiger partial charge in [0.05, 0.1) is 11.6 Å². The van der Waals surface area contributed by atoms with Crippen LogP contribution < -0.4 is 10.1 Å². The molecule has 1 heterocycles. The number of phenolic OH excluding ortho intramolecular Hbond substituents is 1. The van der Waals surface area contributed by atoms with Crippen LogP contribution in [-0.2, 0) is 4.79 Å². The van der Waals surface area contributed by atoms with Crippen molar-refractivity contribution < 1.29 is 32.6 Å². The Labute approximate surface area is 193 Å². The molecule has 3 aromatic carbocycles. The number of carbonyl (C=O) groups is 2. The Balaban J connectivity index is 1.46. The van der Waals surface area contributed by atoms with Crippen LogP contribution in [0, 0.1) is 0 Å². The first kappa shape index (κ1) is 23.4. The molecule has 3 aromatic rings. The topological polar surface area (TPSA) is 78.9 Å². The largest absolute Gasteiger partial charge is 0.573 e. The van der Waals surface area contributed by atoms with Crippen molar-refractivity contribution in [3.8, 4) is 11.5 Å². The Hall–Kier alpha value is -3.75. The van der Waals surface area contributed by atoms with Crippen molar-refractivity contribution in [3.63, 3.8) is 0 Å². The van der Waals surface area contributed by atoms with Gasteiger partial charge in [-0.2, -0.15) is 0 Å². The highest BCUT2D eigenvalue weighted by molar-refractivity contribution is 6.05. The second-order valence-electron chi connectivity index (χ2n) is 8.19. The number of alkyl halides is 3. The average molecular weight is 472 g/mol. The van der Waals surface area contributed by atoms with Crippen molar-refractivity contribution in [2.75, 3.05) is 6.54 Å². The van der Waals surface area contributed by atoms with E-state index in [1.54, 1.807) is 31.2 Å². The van der Waals surface area contributed by atoms with Gasteiger partial charge in [-0.1, -0.05) is 42.5 Å². The van der Waals surface area contributed by atoms with Crippen LogP contribution in [0.2, 0.25) is 0 Å². The van der Waals surface area contributed by atoms with Crippen molar-refractivity contribution in [1.29, 1.82) is 0 Å². The number of hydrogen-bond donors (Lipinski definition) is 2. The smallest absolute Gasteiger partial charge is 0.506 e. The molecule has 2 atom stereocenters. The molecule has 0 aromatic heterocycles. The fourth-order valence-electron chi connectivity index (χ4n) is 4.22. The van der Waals surface area contributed by atoms with Gasteiger partial charge >= 0.3 is 6.36 Å². The molecule has 9 heteroatoms. The van der Waals surface area contributed by atoms with Crippen LogP contribution in [-0.4, -0.2) is 40.8 Å². The summed E-state index contributed by atoms with van der Waals surface area (Å²) in [5, 5.41) is 14.8. The molecule has 2 N–H and O–H groups in total. The maximum absolute atomic E-state index is 13.2. The van der Waals surface area contributed by atoms with Gasteiger partial charge in [0.2, 0.25) is 5.91 Å². The number of ether oxygens (including phenoxy) is 1. The number of phenols is 1. The Morgan fingerprint density at radius 3 is 2.50 bits per heavy atom. The number of aromatic hydroxyl groups is 1. The van der Waals surface area contributed by atoms with Crippen LogP contribution in [0.15, 0.2) is 60.7 Å². The van der Waals surface area contributed by atoms with Crippen molar-refractivity contribution >= 4 is 22.6 Å². The molecular formula is C25H23F3N2O4. The molecule has 0 saturated carbocycles. The van der Waals surface area contributed by atoms with Crippen LogP contribution in [0.5, 0.6) is 11.5 Å². The molecule has 34 heavy (non-hydrogen) atoms. The van der Waals surface area contributed by atoms with E-state index < -0.39 is 24.4 Å². The number of benzene rings is 3. The molecule has 4 rings (SSSR count). The lowest BCUT2D eigenvalue weighted by molar-refractivity contribution is -0.274. The fraction of sp³-hybridized carbons (Fsp3) is 0.280. The standard InChI is InChI=1S/C25H23F3N2O4/c1-15(16-8-11-18(12-9-16)34-25(26,27)28)29-23(32)21-7-4-14-30(21)24(33)20-13-10-17-5-2-3-6-19(17)22(20)31/h2-3,5-6,8-13,15,21,31H,4,7,14H2,1H3,(H,29,32). The summed E-state index contributed by atoms with van der Waals surface area (Å²) in [5.74, 6) is -1.27. The maximum atomic E-state index is 13.2. The summed E-state index contributed by atoms with van der Waals surface area (Å²) in [6.45, 7) is 2.08. The van der Waals surface area contributed by atoms with Gasteiger partial charge in [-0.25, -0.2) is 0 Å². The maximum Gasteiger partial charge on any atom is 0.573 e. The van der Waals surface area contributed by atoms with Crippen LogP contribution in [0.3, 0.4) is 0 Å². The Morgan fingerprint density at radius 2 is 1.79 bits per heavy atom. The quantitative estimate of drug-likeness (QED) is 0.552. The lowest BCUT2D eigenvalue weighted by Gasteiger charge is -2.26. The van der Waals surface area contributed by atoms with E-state index in [-0.39, 0.29) is 23.0 Å². The normalized spacial score (nSPS) is 16.9. The van der Waals surface area contributed by atoms with E-state index in [4.69, 9.17) is 0 Å². The first-order valence-electron chi connectivity index (χ1n) is 10.8. The van der Waals surface area contributed by atoms with Gasteiger partial charge in [-0.05, 0) is 48.9 Å². The molecule has 2 unspecified atom stereocenters. The van der Waals surface area contributed by atoms with Gasteiger partial charge in [0.1, 0.15) is 17.5 Å². The number of fused-ring (bicyclic) bond motifs is 1. The summed E-state index contributed by atoms with van der Waals surface area (Å²) in [4.78, 5) is 27.7. The lowest BCUT2D eigenvalue weighted by Crippen LogP contribution is -2.46. The third-order valence-corrected chi connectivity index (χ3v) is 5.92. The van der Waals surface area contributed by atoms with Crippen molar-refractivity contribution in [2.45, 2.75) is 38.2 Å². The zero-order valence-electron chi connectivity index (χ0n) is 18.3. The Morgan fingerprint density at radius 1 is 1.09 bits per heavy atom. The van der Waals surface area contributed by atoms with E-state index in [1.165, 1.54) is 29.2 Å². The van der Waals surface area contributed by atoms with Gasteiger partial charge in [0.15, 0.2) is 0 Å². The minimum Gasteiger partial charge on any atom is -0.506 e. The molecule has 6 nitrogen and oxygen atoms in total. The summed E-state index contributed by atoms with van der Waals surface area (Å²) >= 11 is 0. The van der Waals surface area contributed by atoms with Crippen molar-refractivity contribution in [1.82, 2.24) is 10.2 Å². The predicted molar refractivity (Wildman–Crippen MR) is 119 cm³/mol. The fourth-order valence-corrected chi connectivity index (χ4v) is 4.22. The van der Waals surface area contributed by atoms with E-state index in [0.717, 1.165) is 5.39 Å². The average Bonchev–Trinajstić information content (AvgIpc) is 3.29. The third-order valence-electron chi connectivity index (χ3n) is 5.92. The molecule has 0 bridgehead atoms. The number of rotatable bonds is 5. The molecule has 1 fully saturated rings. The van der Waals surface area contributed by atoms with E-state index in [1.807, 2.05) is 12.1 Å². The number of amides is 2. The van der Waals surface area contributed by atoms with E-state index >= 15 is 0 Å². The number of carbonyl (C=O) groups excluding carboxylic acids is 2. The second kappa shape index (κ2) is 9.24. The van der Waals surface area contributed by atoms with Gasteiger partial charge in [0.25, 0.3) is 5.91 Å². The molecule has 0 spiro atoms. The van der Waals surface area contributed by atoms with E-state index in [0.29, 0.717) is 30.3 Å². The molecule has 0 aliphatic carbocycles. The summed E-state index contributed by atoms with van der Waals surface area (Å²) in [6, 6.07) is 14.5. The zero-order valence-corrected chi connectivity index (χ0v) is 18.3. The van der Waals surface area contributed by atoms with Gasteiger partial charge < -0.3 is 20.1 Å². The minimum absolute atomic E-state index is 0.122. The summed E-state index contributed by atoms with van der Waals surface area (Å²) in [6.07, 6.45) is -3.67. The van der Waals surface area contributed by atoms with E-state index in [9.17, 15) is 27.9 Å². The highest BCUT2D eigenvalue weighted by Crippen LogP contribution is 2.31. The lowest BCUT2D eigenvalue weighted by atomic mass is 10.0. The number of nitrogens with zero attached hydrogens (tertiary/aromatic N) is 1. The second-order valence-corrected chi connectivity index (χ2v) is 8.19. The molecule has 0 radical (unpaired) electrons. The van der Waals surface area contributed by atoms with E-state index in [2.05, 4.69) is 10.1 Å². The third kappa shape index (κ3) is 4.93. The van der Waals surface area contributed by atoms with Crippen LogP contribution in [0.1, 0.15) is 41.7 Å². The van der Waals surface area contributed by atoms with Gasteiger partial charge in [0, 0.05) is 11.9 Å². The predicted octanol–water partition coefficient (Wildman–Crippen LogP) is 4.93. The number of nitrogens with one attached hydrogen (secondary N) is 1. The Kier molecular flexibility index (Phi) is 6.37. The number of likely N-dealkylation sites (tertiary alicyclic amines) is 1. The molecule has 1 aliphatic rings. The molecule has 178 valence electrons. The minimum atomic E-state index is -4.78. The summed E-state index contributed by atoms with van der Waals surface area (Å²) in [7, 11) is 0. The summed E-state index contributed by atoms with van der Waals surface area (Å²) < 4.78 is 40.9.